The number of benzene rings is 2. The molecule has 3 heteroatoms. The molecule has 0 radical (unpaired) electrons. The zero-order valence-corrected chi connectivity index (χ0v) is 11.4. The minimum atomic E-state index is 0.608. The molecule has 0 atom stereocenters. The number of hydrogen-bond donors (Lipinski definition) is 2. The summed E-state index contributed by atoms with van der Waals surface area (Å²) in [6.45, 7) is 5.48. The van der Waals surface area contributed by atoms with Gasteiger partial charge in [0.2, 0.25) is 0 Å². The Balaban J connectivity index is 1.82. The van der Waals surface area contributed by atoms with Gasteiger partial charge in [-0.15, -0.1) is 0 Å². The summed E-state index contributed by atoms with van der Waals surface area (Å²) in [6, 6.07) is 14.0. The number of ether oxygens (including phenoxy) is 1. The predicted molar refractivity (Wildman–Crippen MR) is 80.8 cm³/mol. The van der Waals surface area contributed by atoms with Crippen molar-refractivity contribution in [3.8, 4) is 5.75 Å². The molecule has 0 aromatic heterocycles. The quantitative estimate of drug-likeness (QED) is 0.637. The van der Waals surface area contributed by atoms with E-state index in [9.17, 15) is 0 Å². The lowest BCUT2D eigenvalue weighted by Gasteiger charge is -2.11. The maximum Gasteiger partial charge on any atom is 0.119 e. The minimum absolute atomic E-state index is 0.608. The Hall–Kier alpha value is -2.16. The Morgan fingerprint density at radius 3 is 2.42 bits per heavy atom. The average Bonchev–Trinajstić information content (AvgIpc) is 2.35. The van der Waals surface area contributed by atoms with Crippen molar-refractivity contribution >= 4 is 11.4 Å². The van der Waals surface area contributed by atoms with Crippen molar-refractivity contribution in [2.45, 2.75) is 13.8 Å². The summed E-state index contributed by atoms with van der Waals surface area (Å²) in [4.78, 5) is 0. The van der Waals surface area contributed by atoms with Crippen LogP contribution in [0.15, 0.2) is 42.5 Å². The second-order valence-electron chi connectivity index (χ2n) is 4.69. The molecule has 2 aromatic rings. The first-order valence-electron chi connectivity index (χ1n) is 6.44. The van der Waals surface area contributed by atoms with Gasteiger partial charge < -0.3 is 15.8 Å². The van der Waals surface area contributed by atoms with Crippen LogP contribution in [0.3, 0.4) is 0 Å². The highest BCUT2D eigenvalue weighted by molar-refractivity contribution is 5.65. The van der Waals surface area contributed by atoms with E-state index in [1.807, 2.05) is 36.4 Å². The lowest BCUT2D eigenvalue weighted by Crippen LogP contribution is -2.12. The van der Waals surface area contributed by atoms with Gasteiger partial charge in [-0.2, -0.15) is 0 Å². The highest BCUT2D eigenvalue weighted by Gasteiger charge is 1.98. The van der Waals surface area contributed by atoms with Gasteiger partial charge in [0, 0.05) is 6.54 Å². The van der Waals surface area contributed by atoms with Gasteiger partial charge in [-0.05, 0) is 49.2 Å². The summed E-state index contributed by atoms with van der Waals surface area (Å²) < 4.78 is 5.73. The molecule has 0 saturated heterocycles. The molecule has 0 spiro atoms. The molecular weight excluding hydrogens is 236 g/mol. The average molecular weight is 256 g/mol. The first kappa shape index (κ1) is 13.3. The summed E-state index contributed by atoms with van der Waals surface area (Å²) in [5.74, 6) is 0.917. The number of nitrogens with two attached hydrogens (primary N) is 1. The Morgan fingerprint density at radius 1 is 1.05 bits per heavy atom. The summed E-state index contributed by atoms with van der Waals surface area (Å²) >= 11 is 0. The van der Waals surface area contributed by atoms with Gasteiger partial charge in [0.1, 0.15) is 12.4 Å². The van der Waals surface area contributed by atoms with Crippen LogP contribution in [0, 0.1) is 13.8 Å². The van der Waals surface area contributed by atoms with Crippen LogP contribution in [0.1, 0.15) is 11.1 Å². The van der Waals surface area contributed by atoms with E-state index in [2.05, 4.69) is 25.2 Å². The molecular formula is C16H20N2O. The Bertz CT molecular complexity index is 532. The van der Waals surface area contributed by atoms with Crippen LogP contribution < -0.4 is 15.8 Å². The van der Waals surface area contributed by atoms with Crippen LogP contribution in [-0.4, -0.2) is 13.2 Å². The number of nitrogens with one attached hydrogen (secondary N) is 1. The van der Waals surface area contributed by atoms with Crippen molar-refractivity contribution in [3.63, 3.8) is 0 Å². The molecule has 0 aliphatic heterocycles. The van der Waals surface area contributed by atoms with E-state index in [4.69, 9.17) is 10.5 Å². The van der Waals surface area contributed by atoms with Crippen LogP contribution >= 0.6 is 0 Å². The minimum Gasteiger partial charge on any atom is -0.492 e. The standard InChI is InChI=1S/C16H20N2O/c1-12-9-13(2)11-14(10-12)19-8-7-18-16-6-4-3-5-15(16)17/h3-6,9-11,18H,7-8,17H2,1-2H3. The summed E-state index contributed by atoms with van der Waals surface area (Å²) in [5.41, 5.74) is 9.99. The number of nitrogen functional groups attached to an aromatic ring is 1. The maximum atomic E-state index is 5.85. The molecule has 0 bridgehead atoms. The third-order valence-corrected chi connectivity index (χ3v) is 2.84. The van der Waals surface area contributed by atoms with Gasteiger partial charge in [-0.3, -0.25) is 0 Å². The molecule has 3 N–H and O–H groups in total. The molecule has 2 aromatic carbocycles. The first-order valence-corrected chi connectivity index (χ1v) is 6.44. The van der Waals surface area contributed by atoms with Crippen LogP contribution in [0.2, 0.25) is 0 Å². The van der Waals surface area contributed by atoms with Crippen molar-refractivity contribution in [2.24, 2.45) is 0 Å². The largest absolute Gasteiger partial charge is 0.492 e. The molecule has 19 heavy (non-hydrogen) atoms. The number of aryl methyl sites for hydroxylation is 2. The smallest absolute Gasteiger partial charge is 0.119 e. The molecule has 0 saturated carbocycles. The fourth-order valence-electron chi connectivity index (χ4n) is 2.03. The van der Waals surface area contributed by atoms with Gasteiger partial charge in [-0.25, -0.2) is 0 Å². The van der Waals surface area contributed by atoms with E-state index in [1.54, 1.807) is 0 Å². The number of rotatable bonds is 5. The van der Waals surface area contributed by atoms with Crippen molar-refractivity contribution < 1.29 is 4.74 Å². The zero-order valence-electron chi connectivity index (χ0n) is 11.4. The van der Waals surface area contributed by atoms with Crippen molar-refractivity contribution in [1.82, 2.24) is 0 Å². The number of anilines is 2. The first-order chi connectivity index (χ1) is 9.15. The highest BCUT2D eigenvalue weighted by atomic mass is 16.5. The molecule has 100 valence electrons. The molecule has 0 aliphatic carbocycles. The van der Waals surface area contributed by atoms with Crippen molar-refractivity contribution in [2.75, 3.05) is 24.2 Å². The van der Waals surface area contributed by atoms with E-state index in [-0.39, 0.29) is 0 Å². The third kappa shape index (κ3) is 3.91. The molecule has 2 rings (SSSR count). The van der Waals surface area contributed by atoms with E-state index in [1.165, 1.54) is 11.1 Å². The predicted octanol–water partition coefficient (Wildman–Crippen LogP) is 3.38. The number of hydrogen-bond acceptors (Lipinski definition) is 3. The van der Waals surface area contributed by atoms with Gasteiger partial charge in [0.15, 0.2) is 0 Å². The van der Waals surface area contributed by atoms with Gasteiger partial charge in [0.25, 0.3) is 0 Å². The third-order valence-electron chi connectivity index (χ3n) is 2.84. The van der Waals surface area contributed by atoms with E-state index >= 15 is 0 Å². The van der Waals surface area contributed by atoms with E-state index < -0.39 is 0 Å². The zero-order chi connectivity index (χ0) is 13.7. The number of para-hydroxylation sites is 2. The lowest BCUT2D eigenvalue weighted by atomic mass is 10.1. The molecule has 0 unspecified atom stereocenters. The van der Waals surface area contributed by atoms with Gasteiger partial charge in [-0.1, -0.05) is 18.2 Å². The van der Waals surface area contributed by atoms with Crippen molar-refractivity contribution in [3.05, 3.63) is 53.6 Å². The second-order valence-corrected chi connectivity index (χ2v) is 4.69. The SMILES string of the molecule is Cc1cc(C)cc(OCCNc2ccccc2N)c1. The Labute approximate surface area is 114 Å². The fourth-order valence-corrected chi connectivity index (χ4v) is 2.03. The van der Waals surface area contributed by atoms with Crippen LogP contribution in [0.4, 0.5) is 11.4 Å². The molecule has 0 fully saturated rings. The van der Waals surface area contributed by atoms with Gasteiger partial charge in [0.05, 0.1) is 11.4 Å². The maximum absolute atomic E-state index is 5.85. The van der Waals surface area contributed by atoms with E-state index in [0.29, 0.717) is 6.61 Å². The van der Waals surface area contributed by atoms with Crippen molar-refractivity contribution in [1.29, 1.82) is 0 Å². The van der Waals surface area contributed by atoms with E-state index in [0.717, 1.165) is 23.7 Å². The monoisotopic (exact) mass is 256 g/mol. The Morgan fingerprint density at radius 2 is 1.74 bits per heavy atom. The topological polar surface area (TPSA) is 47.3 Å². The normalized spacial score (nSPS) is 10.2. The fraction of sp³-hybridized carbons (Fsp3) is 0.250. The molecule has 0 amide bonds. The summed E-state index contributed by atoms with van der Waals surface area (Å²) in [5, 5.41) is 3.26. The summed E-state index contributed by atoms with van der Waals surface area (Å²) in [7, 11) is 0. The molecule has 0 heterocycles. The highest BCUT2D eigenvalue weighted by Crippen LogP contribution is 2.17. The summed E-state index contributed by atoms with van der Waals surface area (Å²) in [6.07, 6.45) is 0. The molecule has 0 aliphatic rings. The lowest BCUT2D eigenvalue weighted by molar-refractivity contribution is 0.332. The van der Waals surface area contributed by atoms with Crippen LogP contribution in [0.5, 0.6) is 5.75 Å². The second kappa shape index (κ2) is 6.14. The molecule has 3 nitrogen and oxygen atoms in total. The van der Waals surface area contributed by atoms with Gasteiger partial charge >= 0.3 is 0 Å². The van der Waals surface area contributed by atoms with Crippen LogP contribution in [0.25, 0.3) is 0 Å². The Kier molecular flexibility index (Phi) is 4.29. The van der Waals surface area contributed by atoms with Crippen LogP contribution in [-0.2, 0) is 0 Å².